The van der Waals surface area contributed by atoms with Crippen molar-refractivity contribution in [3.05, 3.63) is 23.9 Å². The van der Waals surface area contributed by atoms with E-state index in [9.17, 15) is 4.79 Å². The van der Waals surface area contributed by atoms with Crippen molar-refractivity contribution in [2.45, 2.75) is 66.5 Å². The summed E-state index contributed by atoms with van der Waals surface area (Å²) in [6.45, 7) is 16.1. The van der Waals surface area contributed by atoms with Gasteiger partial charge in [0, 0.05) is 25.8 Å². The summed E-state index contributed by atoms with van der Waals surface area (Å²) in [5.74, 6) is 0.980. The van der Waals surface area contributed by atoms with E-state index >= 15 is 0 Å². The fourth-order valence-electron chi connectivity index (χ4n) is 2.71. The Kier molecular flexibility index (Phi) is 7.52. The molecule has 0 saturated carbocycles. The molecule has 0 N–H and O–H groups in total. The van der Waals surface area contributed by atoms with Gasteiger partial charge in [-0.2, -0.15) is 0 Å². The predicted octanol–water partition coefficient (Wildman–Crippen LogP) is 4.25. The van der Waals surface area contributed by atoms with E-state index in [1.54, 1.807) is 0 Å². The molecule has 2 rings (SSSR count). The van der Waals surface area contributed by atoms with Gasteiger partial charge in [0.15, 0.2) is 0 Å². The fraction of sp³-hybridized carbons (Fsp3) is 0.684. The second kappa shape index (κ2) is 8.90. The molecule has 0 bridgehead atoms. The molecule has 1 aromatic heterocycles. The average molecular weight is 335 g/mol. The number of hydrogen-bond acceptors (Lipinski definition) is 4. The van der Waals surface area contributed by atoms with Crippen molar-refractivity contribution in [3.63, 3.8) is 0 Å². The summed E-state index contributed by atoms with van der Waals surface area (Å²) in [5.41, 5.74) is 0.699. The molecule has 0 radical (unpaired) electrons. The van der Waals surface area contributed by atoms with Gasteiger partial charge in [-0.25, -0.2) is 9.78 Å². The van der Waals surface area contributed by atoms with Crippen molar-refractivity contribution in [3.8, 4) is 0 Å². The number of anilines is 1. The van der Waals surface area contributed by atoms with Crippen molar-refractivity contribution in [1.82, 2.24) is 9.88 Å². The molecule has 1 amide bonds. The third-order valence-corrected chi connectivity index (χ3v) is 3.79. The number of carbonyl (C=O) groups excluding carboxylic acids is 1. The molecule has 1 atom stereocenters. The van der Waals surface area contributed by atoms with Gasteiger partial charge in [-0.05, 0) is 52.7 Å². The van der Waals surface area contributed by atoms with E-state index in [1.165, 1.54) is 0 Å². The monoisotopic (exact) mass is 335 g/mol. The number of likely N-dealkylation sites (N-methyl/N-ethyl adjacent to an activating group) is 1. The SMILES string of the molecule is CC.CCN(C(=O)OC(C)(C)C)[C@@H]1CCN(c2ccc(C)cn2)C1. The van der Waals surface area contributed by atoms with Crippen LogP contribution in [0.1, 0.15) is 53.5 Å². The molecule has 1 fully saturated rings. The molecule has 24 heavy (non-hydrogen) atoms. The van der Waals surface area contributed by atoms with E-state index in [-0.39, 0.29) is 12.1 Å². The number of nitrogens with zero attached hydrogens (tertiary/aromatic N) is 3. The van der Waals surface area contributed by atoms with Crippen LogP contribution in [-0.4, -0.2) is 47.3 Å². The first-order valence-electron chi connectivity index (χ1n) is 8.97. The Labute approximate surface area is 147 Å². The smallest absolute Gasteiger partial charge is 0.410 e. The lowest BCUT2D eigenvalue weighted by Crippen LogP contribution is -2.44. The lowest BCUT2D eigenvalue weighted by Gasteiger charge is -2.30. The second-order valence-electron chi connectivity index (χ2n) is 6.85. The first-order valence-corrected chi connectivity index (χ1v) is 8.97. The Balaban J connectivity index is 0.00000139. The number of pyridine rings is 1. The maximum Gasteiger partial charge on any atom is 0.410 e. The molecule has 0 aromatic carbocycles. The Morgan fingerprint density at radius 2 is 2.04 bits per heavy atom. The first kappa shape index (κ1) is 20.3. The van der Waals surface area contributed by atoms with Gasteiger partial charge < -0.3 is 14.5 Å². The Bertz CT molecular complexity index is 508. The quantitative estimate of drug-likeness (QED) is 0.828. The van der Waals surface area contributed by atoms with E-state index in [2.05, 4.69) is 16.0 Å². The lowest BCUT2D eigenvalue weighted by molar-refractivity contribution is 0.0191. The van der Waals surface area contributed by atoms with Crippen molar-refractivity contribution in [2.24, 2.45) is 0 Å². The number of carbonyl (C=O) groups is 1. The number of amides is 1. The van der Waals surface area contributed by atoms with Gasteiger partial charge in [-0.3, -0.25) is 0 Å². The van der Waals surface area contributed by atoms with Gasteiger partial charge in [0.2, 0.25) is 0 Å². The van der Waals surface area contributed by atoms with E-state index in [0.717, 1.165) is 30.9 Å². The van der Waals surface area contributed by atoms with Gasteiger partial charge in [0.25, 0.3) is 0 Å². The van der Waals surface area contributed by atoms with Crippen LogP contribution in [0.25, 0.3) is 0 Å². The minimum atomic E-state index is -0.457. The zero-order valence-corrected chi connectivity index (χ0v) is 16.3. The van der Waals surface area contributed by atoms with E-state index in [0.29, 0.717) is 6.54 Å². The zero-order chi connectivity index (χ0) is 18.3. The number of aromatic nitrogens is 1. The van der Waals surface area contributed by atoms with Gasteiger partial charge in [0.05, 0.1) is 6.04 Å². The van der Waals surface area contributed by atoms with Crippen LogP contribution in [0.15, 0.2) is 18.3 Å². The van der Waals surface area contributed by atoms with E-state index < -0.39 is 5.60 Å². The third kappa shape index (κ3) is 5.69. The maximum atomic E-state index is 12.3. The van der Waals surface area contributed by atoms with Crippen LogP contribution in [0.2, 0.25) is 0 Å². The molecule has 1 aliphatic rings. The van der Waals surface area contributed by atoms with Gasteiger partial charge in [-0.1, -0.05) is 19.9 Å². The second-order valence-corrected chi connectivity index (χ2v) is 6.85. The molecule has 1 aromatic rings. The normalized spacial score (nSPS) is 17.1. The maximum absolute atomic E-state index is 12.3. The van der Waals surface area contributed by atoms with E-state index in [1.807, 2.05) is 65.6 Å². The molecule has 0 unspecified atom stereocenters. The molecular formula is C19H33N3O2. The Morgan fingerprint density at radius 3 is 2.54 bits per heavy atom. The molecule has 2 heterocycles. The average Bonchev–Trinajstić information content (AvgIpc) is 2.98. The van der Waals surface area contributed by atoms with Crippen molar-refractivity contribution < 1.29 is 9.53 Å². The summed E-state index contributed by atoms with van der Waals surface area (Å²) in [4.78, 5) is 20.9. The number of aryl methyl sites for hydroxylation is 1. The highest BCUT2D eigenvalue weighted by Gasteiger charge is 2.32. The van der Waals surface area contributed by atoms with Crippen molar-refractivity contribution in [2.75, 3.05) is 24.5 Å². The highest BCUT2D eigenvalue weighted by Crippen LogP contribution is 2.23. The highest BCUT2D eigenvalue weighted by molar-refractivity contribution is 5.68. The molecule has 1 aliphatic heterocycles. The van der Waals surface area contributed by atoms with Crippen LogP contribution < -0.4 is 4.90 Å². The standard InChI is InChI=1S/C17H27N3O2.C2H6/c1-6-20(16(21)22-17(3,4)5)14-9-10-19(12-14)15-8-7-13(2)11-18-15;1-2/h7-8,11,14H,6,9-10,12H2,1-5H3;1-2H3/t14-;/m1./s1. The van der Waals surface area contributed by atoms with Crippen LogP contribution in [0, 0.1) is 6.92 Å². The molecule has 0 spiro atoms. The molecular weight excluding hydrogens is 302 g/mol. The van der Waals surface area contributed by atoms with Crippen LogP contribution in [0.5, 0.6) is 0 Å². The third-order valence-electron chi connectivity index (χ3n) is 3.79. The molecule has 1 saturated heterocycles. The summed E-state index contributed by atoms with van der Waals surface area (Å²) in [6, 6.07) is 4.30. The summed E-state index contributed by atoms with van der Waals surface area (Å²) < 4.78 is 5.51. The van der Waals surface area contributed by atoms with Gasteiger partial charge >= 0.3 is 6.09 Å². The van der Waals surface area contributed by atoms with Crippen molar-refractivity contribution in [1.29, 1.82) is 0 Å². The van der Waals surface area contributed by atoms with E-state index in [4.69, 9.17) is 4.74 Å². The van der Waals surface area contributed by atoms with Crippen molar-refractivity contribution >= 4 is 11.9 Å². The molecule has 5 nitrogen and oxygen atoms in total. The summed E-state index contributed by atoms with van der Waals surface area (Å²) in [5, 5.41) is 0. The molecule has 5 heteroatoms. The lowest BCUT2D eigenvalue weighted by atomic mass is 10.2. The Hall–Kier alpha value is -1.78. The minimum Gasteiger partial charge on any atom is -0.444 e. The largest absolute Gasteiger partial charge is 0.444 e. The summed E-state index contributed by atoms with van der Waals surface area (Å²) >= 11 is 0. The van der Waals surface area contributed by atoms with Crippen LogP contribution >= 0.6 is 0 Å². The highest BCUT2D eigenvalue weighted by atomic mass is 16.6. The minimum absolute atomic E-state index is 0.183. The number of ether oxygens (including phenoxy) is 1. The first-order chi connectivity index (χ1) is 11.3. The summed E-state index contributed by atoms with van der Waals surface area (Å²) in [6.07, 6.45) is 2.61. The molecule has 0 aliphatic carbocycles. The van der Waals surface area contributed by atoms with Gasteiger partial charge in [-0.15, -0.1) is 0 Å². The van der Waals surface area contributed by atoms with Crippen LogP contribution in [0.3, 0.4) is 0 Å². The summed E-state index contributed by atoms with van der Waals surface area (Å²) in [7, 11) is 0. The van der Waals surface area contributed by atoms with Gasteiger partial charge in [0.1, 0.15) is 11.4 Å². The predicted molar refractivity (Wildman–Crippen MR) is 99.6 cm³/mol. The number of rotatable bonds is 3. The molecule has 136 valence electrons. The fourth-order valence-corrected chi connectivity index (χ4v) is 2.71. The Morgan fingerprint density at radius 1 is 1.38 bits per heavy atom. The van der Waals surface area contributed by atoms with Crippen LogP contribution in [0.4, 0.5) is 10.6 Å². The number of hydrogen-bond donors (Lipinski definition) is 0. The van der Waals surface area contributed by atoms with Crippen LogP contribution in [-0.2, 0) is 4.74 Å². The zero-order valence-electron chi connectivity index (χ0n) is 16.3. The topological polar surface area (TPSA) is 45.7 Å².